The van der Waals surface area contributed by atoms with Gasteiger partial charge in [-0.1, -0.05) is 30.3 Å². The second-order valence-corrected chi connectivity index (χ2v) is 7.06. The highest BCUT2D eigenvalue weighted by molar-refractivity contribution is 5.77. The lowest BCUT2D eigenvalue weighted by molar-refractivity contribution is -0.137. The molecule has 7 nitrogen and oxygen atoms in total. The van der Waals surface area contributed by atoms with E-state index < -0.39 is 5.97 Å². The summed E-state index contributed by atoms with van der Waals surface area (Å²) in [5.41, 5.74) is 2.93. The predicted octanol–water partition coefficient (Wildman–Crippen LogP) is 3.13. The summed E-state index contributed by atoms with van der Waals surface area (Å²) in [5, 5.41) is 18.6. The summed E-state index contributed by atoms with van der Waals surface area (Å²) in [6.45, 7) is 1.09. The quantitative estimate of drug-likeness (QED) is 0.487. The number of fused-ring (bicyclic) bond motifs is 1. The van der Waals surface area contributed by atoms with Gasteiger partial charge in [0.25, 0.3) is 0 Å². The number of pyridine rings is 1. The number of carbonyl (C=O) groups excluding carboxylic acids is 1. The van der Waals surface area contributed by atoms with E-state index in [4.69, 9.17) is 0 Å². The topological polar surface area (TPSA) is 103 Å². The molecule has 0 saturated carbocycles. The zero-order valence-corrected chi connectivity index (χ0v) is 16.2. The second kappa shape index (κ2) is 10.3. The molecular weight excluding hydrogens is 368 g/mol. The van der Waals surface area contributed by atoms with Crippen molar-refractivity contribution >= 4 is 29.5 Å². The molecule has 3 rings (SSSR count). The summed E-state index contributed by atoms with van der Waals surface area (Å²) in [4.78, 5) is 27.6. The van der Waals surface area contributed by atoms with E-state index >= 15 is 0 Å². The van der Waals surface area contributed by atoms with Gasteiger partial charge < -0.3 is 21.1 Å². The highest BCUT2D eigenvalue weighted by atomic mass is 16.4. The van der Waals surface area contributed by atoms with Gasteiger partial charge in [-0.2, -0.15) is 0 Å². The van der Waals surface area contributed by atoms with Crippen LogP contribution in [0, 0.1) is 0 Å². The van der Waals surface area contributed by atoms with Crippen LogP contribution in [0.15, 0.2) is 54.2 Å². The van der Waals surface area contributed by atoms with Crippen molar-refractivity contribution in [1.29, 1.82) is 0 Å². The van der Waals surface area contributed by atoms with Crippen LogP contribution in [0.3, 0.4) is 0 Å². The van der Waals surface area contributed by atoms with Crippen molar-refractivity contribution in [3.05, 3.63) is 59.8 Å². The third kappa shape index (κ3) is 6.64. The third-order valence-electron chi connectivity index (χ3n) is 4.67. The number of para-hydroxylation sites is 1. The Bertz CT molecular complexity index is 867. The molecule has 152 valence electrons. The molecule has 0 fully saturated rings. The fourth-order valence-electron chi connectivity index (χ4n) is 3.31. The van der Waals surface area contributed by atoms with Crippen molar-refractivity contribution in [2.75, 3.05) is 23.7 Å². The van der Waals surface area contributed by atoms with Gasteiger partial charge in [-0.25, -0.2) is 4.98 Å². The van der Waals surface area contributed by atoms with Gasteiger partial charge in [0.05, 0.1) is 6.42 Å². The Hall–Kier alpha value is -3.35. The normalized spacial score (nSPS) is 15.3. The first-order valence-corrected chi connectivity index (χ1v) is 9.78. The molecule has 0 radical (unpaired) electrons. The largest absolute Gasteiger partial charge is 0.481 e. The molecule has 1 aliphatic heterocycles. The number of anilines is 2. The number of carboxylic acid groups (broad SMARTS) is 1. The average Bonchev–Trinajstić information content (AvgIpc) is 2.88. The zero-order chi connectivity index (χ0) is 20.5. The van der Waals surface area contributed by atoms with Crippen LogP contribution in [0.5, 0.6) is 0 Å². The van der Waals surface area contributed by atoms with Crippen molar-refractivity contribution < 1.29 is 14.7 Å². The van der Waals surface area contributed by atoms with E-state index in [1.807, 2.05) is 48.5 Å². The molecule has 7 heteroatoms. The van der Waals surface area contributed by atoms with E-state index in [0.29, 0.717) is 32.4 Å². The van der Waals surface area contributed by atoms with Crippen molar-refractivity contribution in [1.82, 2.24) is 10.3 Å². The van der Waals surface area contributed by atoms with Gasteiger partial charge in [0.1, 0.15) is 5.82 Å². The van der Waals surface area contributed by atoms with Crippen molar-refractivity contribution in [2.24, 2.45) is 0 Å². The fraction of sp³-hybridized carbons (Fsp3) is 0.318. The Labute approximate surface area is 170 Å². The van der Waals surface area contributed by atoms with E-state index in [0.717, 1.165) is 22.6 Å². The number of aromatic nitrogens is 1. The fourth-order valence-corrected chi connectivity index (χ4v) is 3.31. The van der Waals surface area contributed by atoms with Crippen LogP contribution < -0.4 is 16.0 Å². The van der Waals surface area contributed by atoms with Crippen LogP contribution in [0.4, 0.5) is 11.5 Å². The molecule has 2 heterocycles. The summed E-state index contributed by atoms with van der Waals surface area (Å²) in [6, 6.07) is 13.2. The van der Waals surface area contributed by atoms with Crippen LogP contribution in [-0.2, 0) is 9.59 Å². The van der Waals surface area contributed by atoms with Crippen LogP contribution in [0.2, 0.25) is 0 Å². The number of nitrogens with zero attached hydrogens (tertiary/aromatic N) is 1. The van der Waals surface area contributed by atoms with Gasteiger partial charge >= 0.3 is 5.97 Å². The molecule has 1 aliphatic rings. The number of carbonyl (C=O) groups is 2. The highest BCUT2D eigenvalue weighted by Crippen LogP contribution is 2.26. The molecule has 0 bridgehead atoms. The first-order valence-electron chi connectivity index (χ1n) is 9.78. The third-order valence-corrected chi connectivity index (χ3v) is 4.67. The van der Waals surface area contributed by atoms with E-state index in [1.54, 1.807) is 6.20 Å². The minimum atomic E-state index is -0.842. The van der Waals surface area contributed by atoms with Crippen LogP contribution in [0.25, 0.3) is 6.08 Å². The molecule has 1 aromatic carbocycles. The Morgan fingerprint density at radius 1 is 1.17 bits per heavy atom. The molecule has 0 spiro atoms. The Morgan fingerprint density at radius 3 is 2.79 bits per heavy atom. The molecule has 1 atom stereocenters. The van der Waals surface area contributed by atoms with Crippen LogP contribution >= 0.6 is 0 Å². The van der Waals surface area contributed by atoms with Crippen LogP contribution in [-0.4, -0.2) is 41.1 Å². The Balaban J connectivity index is 1.49. The molecule has 2 aromatic rings. The smallest absolute Gasteiger partial charge is 0.305 e. The lowest BCUT2D eigenvalue weighted by atomic mass is 10.0. The highest BCUT2D eigenvalue weighted by Gasteiger charge is 2.19. The molecule has 1 amide bonds. The maximum Gasteiger partial charge on any atom is 0.305 e. The van der Waals surface area contributed by atoms with E-state index in [2.05, 4.69) is 20.9 Å². The summed E-state index contributed by atoms with van der Waals surface area (Å²) in [6.07, 6.45) is 5.47. The monoisotopic (exact) mass is 394 g/mol. The van der Waals surface area contributed by atoms with Gasteiger partial charge in [-0.3, -0.25) is 9.59 Å². The number of benzene rings is 1. The molecule has 1 aromatic heterocycles. The molecule has 4 N–H and O–H groups in total. The second-order valence-electron chi connectivity index (χ2n) is 7.06. The van der Waals surface area contributed by atoms with Crippen molar-refractivity contribution in [3.63, 3.8) is 0 Å². The zero-order valence-electron chi connectivity index (χ0n) is 16.2. The summed E-state index contributed by atoms with van der Waals surface area (Å²) in [5.74, 6) is -0.0631. The molecular formula is C22H26N4O3. The first kappa shape index (κ1) is 20.4. The Kier molecular flexibility index (Phi) is 7.22. The number of aliphatic carboxylic acids is 1. The number of hydrogen-bond acceptors (Lipinski definition) is 5. The van der Waals surface area contributed by atoms with Gasteiger partial charge in [0.15, 0.2) is 0 Å². The number of rotatable bonds is 9. The van der Waals surface area contributed by atoms with Gasteiger partial charge in [0, 0.05) is 37.4 Å². The summed E-state index contributed by atoms with van der Waals surface area (Å²) >= 11 is 0. The minimum Gasteiger partial charge on any atom is -0.481 e. The predicted molar refractivity (Wildman–Crippen MR) is 114 cm³/mol. The van der Waals surface area contributed by atoms with Gasteiger partial charge in [-0.05, 0) is 42.2 Å². The number of nitrogens with one attached hydrogen (secondary N) is 3. The summed E-state index contributed by atoms with van der Waals surface area (Å²) < 4.78 is 0. The number of hydrogen-bond donors (Lipinski definition) is 4. The minimum absolute atomic E-state index is 0.0194. The summed E-state index contributed by atoms with van der Waals surface area (Å²) in [7, 11) is 0. The first-order chi connectivity index (χ1) is 14.1. The number of amides is 1. The lowest BCUT2D eigenvalue weighted by Crippen LogP contribution is -2.28. The maximum atomic E-state index is 12.2. The number of carboxylic acids is 1. The van der Waals surface area contributed by atoms with E-state index in [-0.39, 0.29) is 18.4 Å². The van der Waals surface area contributed by atoms with Crippen molar-refractivity contribution in [2.45, 2.75) is 31.7 Å². The standard InChI is InChI=1S/C22H26N4O3/c27-21(9-5-11-24-20-8-3-4-10-23-20)25-15-16-12-17-6-1-2-7-19(17)26-18(13-16)14-22(28)29/h1-4,6-8,10,12,18,26H,5,9,11,13-15H2,(H,23,24)(H,25,27)(H,28,29). The maximum absolute atomic E-state index is 12.2. The van der Waals surface area contributed by atoms with E-state index in [1.165, 1.54) is 0 Å². The Morgan fingerprint density at radius 2 is 2.00 bits per heavy atom. The lowest BCUT2D eigenvalue weighted by Gasteiger charge is -2.18. The molecule has 1 unspecified atom stereocenters. The van der Waals surface area contributed by atoms with Gasteiger partial charge in [0.2, 0.25) is 5.91 Å². The van der Waals surface area contributed by atoms with Gasteiger partial charge in [-0.15, -0.1) is 0 Å². The SMILES string of the molecule is O=C(O)CC1CC(CNC(=O)CCCNc2ccccn2)=Cc2ccccc2N1. The van der Waals surface area contributed by atoms with Crippen molar-refractivity contribution in [3.8, 4) is 0 Å². The average molecular weight is 394 g/mol. The molecule has 29 heavy (non-hydrogen) atoms. The molecule has 0 aliphatic carbocycles. The molecule has 0 saturated heterocycles. The van der Waals surface area contributed by atoms with E-state index in [9.17, 15) is 14.7 Å². The van der Waals surface area contributed by atoms with Crippen LogP contribution in [0.1, 0.15) is 31.2 Å².